The summed E-state index contributed by atoms with van der Waals surface area (Å²) in [5, 5.41) is 0. The predicted octanol–water partition coefficient (Wildman–Crippen LogP) is 1.46. The minimum atomic E-state index is -0.315. The standard InChI is InChI=1S/C16H25BN2O3/c1-12(2)15-16(3,4)22-17(21-15)13-5-6-18-14(11-13)19-7-9-20-10-8-19/h5-6,11-12,15H,7-10H2,1-4H3. The van der Waals surface area contributed by atoms with Gasteiger partial charge in [-0.25, -0.2) is 4.98 Å². The zero-order valence-corrected chi connectivity index (χ0v) is 13.9. The number of ether oxygens (including phenoxy) is 1. The van der Waals surface area contributed by atoms with E-state index in [0.717, 1.165) is 37.6 Å². The number of morpholine rings is 1. The van der Waals surface area contributed by atoms with Crippen molar-refractivity contribution >= 4 is 18.4 Å². The van der Waals surface area contributed by atoms with Crippen LogP contribution in [0.2, 0.25) is 0 Å². The highest BCUT2D eigenvalue weighted by Gasteiger charge is 2.47. The maximum absolute atomic E-state index is 6.17. The van der Waals surface area contributed by atoms with Crippen LogP contribution in [-0.4, -0.2) is 50.1 Å². The Balaban J connectivity index is 1.78. The molecule has 0 radical (unpaired) electrons. The van der Waals surface area contributed by atoms with Gasteiger partial charge in [-0.3, -0.25) is 0 Å². The monoisotopic (exact) mass is 304 g/mol. The summed E-state index contributed by atoms with van der Waals surface area (Å²) in [6.07, 6.45) is 1.93. The van der Waals surface area contributed by atoms with Crippen molar-refractivity contribution in [1.82, 2.24) is 4.98 Å². The normalized spacial score (nSPS) is 25.0. The van der Waals surface area contributed by atoms with Crippen molar-refractivity contribution < 1.29 is 14.0 Å². The van der Waals surface area contributed by atoms with Crippen molar-refractivity contribution in [3.8, 4) is 0 Å². The molecular formula is C16H25BN2O3. The molecule has 22 heavy (non-hydrogen) atoms. The maximum Gasteiger partial charge on any atom is 0.494 e. The van der Waals surface area contributed by atoms with Gasteiger partial charge in [-0.1, -0.05) is 13.8 Å². The highest BCUT2D eigenvalue weighted by Crippen LogP contribution is 2.32. The second-order valence-electron chi connectivity index (χ2n) is 6.90. The summed E-state index contributed by atoms with van der Waals surface area (Å²) in [4.78, 5) is 6.73. The van der Waals surface area contributed by atoms with Crippen molar-refractivity contribution in [3.05, 3.63) is 18.3 Å². The third-order valence-corrected chi connectivity index (χ3v) is 4.35. The van der Waals surface area contributed by atoms with E-state index in [4.69, 9.17) is 14.0 Å². The third-order valence-electron chi connectivity index (χ3n) is 4.35. The molecule has 120 valence electrons. The number of pyridine rings is 1. The molecule has 0 aromatic carbocycles. The average Bonchev–Trinajstić information content (AvgIpc) is 2.84. The van der Waals surface area contributed by atoms with E-state index in [1.165, 1.54) is 0 Å². The molecule has 1 aromatic rings. The Kier molecular flexibility index (Phi) is 4.43. The third kappa shape index (κ3) is 3.14. The van der Waals surface area contributed by atoms with Crippen LogP contribution in [0.15, 0.2) is 18.3 Å². The first-order valence-electron chi connectivity index (χ1n) is 8.09. The summed E-state index contributed by atoms with van der Waals surface area (Å²) < 4.78 is 17.7. The Morgan fingerprint density at radius 3 is 2.68 bits per heavy atom. The van der Waals surface area contributed by atoms with Crippen molar-refractivity contribution in [2.45, 2.75) is 39.4 Å². The number of aromatic nitrogens is 1. The second-order valence-corrected chi connectivity index (χ2v) is 6.90. The maximum atomic E-state index is 6.17. The summed E-state index contributed by atoms with van der Waals surface area (Å²) in [7, 11) is -0.315. The zero-order chi connectivity index (χ0) is 15.7. The lowest BCUT2D eigenvalue weighted by Gasteiger charge is -2.28. The molecule has 0 aliphatic carbocycles. The Hall–Kier alpha value is -1.11. The summed E-state index contributed by atoms with van der Waals surface area (Å²) in [6.45, 7) is 11.8. The largest absolute Gasteiger partial charge is 0.494 e. The van der Waals surface area contributed by atoms with E-state index in [2.05, 4.69) is 43.6 Å². The number of nitrogens with zero attached hydrogens (tertiary/aromatic N) is 2. The molecule has 1 atom stereocenters. The molecule has 5 nitrogen and oxygen atoms in total. The number of hydrogen-bond acceptors (Lipinski definition) is 5. The smallest absolute Gasteiger partial charge is 0.401 e. The van der Waals surface area contributed by atoms with E-state index in [0.29, 0.717) is 5.92 Å². The van der Waals surface area contributed by atoms with Crippen LogP contribution in [0.3, 0.4) is 0 Å². The van der Waals surface area contributed by atoms with Crippen molar-refractivity contribution in [1.29, 1.82) is 0 Å². The fourth-order valence-electron chi connectivity index (χ4n) is 3.32. The fourth-order valence-corrected chi connectivity index (χ4v) is 3.32. The topological polar surface area (TPSA) is 43.8 Å². The minimum Gasteiger partial charge on any atom is -0.401 e. The molecule has 0 saturated carbocycles. The van der Waals surface area contributed by atoms with E-state index in [1.807, 2.05) is 12.3 Å². The highest BCUT2D eigenvalue weighted by atomic mass is 16.7. The quantitative estimate of drug-likeness (QED) is 0.791. The molecule has 0 spiro atoms. The second kappa shape index (κ2) is 6.18. The van der Waals surface area contributed by atoms with E-state index >= 15 is 0 Å². The van der Waals surface area contributed by atoms with Gasteiger partial charge in [0.05, 0.1) is 24.9 Å². The number of hydrogen-bond donors (Lipinski definition) is 0. The molecule has 3 heterocycles. The highest BCUT2D eigenvalue weighted by molar-refractivity contribution is 6.62. The molecule has 3 rings (SSSR count). The Morgan fingerprint density at radius 1 is 1.32 bits per heavy atom. The fraction of sp³-hybridized carbons (Fsp3) is 0.688. The van der Waals surface area contributed by atoms with Gasteiger partial charge in [0.15, 0.2) is 0 Å². The van der Waals surface area contributed by atoms with E-state index in [9.17, 15) is 0 Å². The van der Waals surface area contributed by atoms with Crippen LogP contribution in [0.1, 0.15) is 27.7 Å². The van der Waals surface area contributed by atoms with Gasteiger partial charge < -0.3 is 18.9 Å². The summed E-state index contributed by atoms with van der Waals surface area (Å²) in [6, 6.07) is 4.06. The molecule has 2 fully saturated rings. The van der Waals surface area contributed by atoms with E-state index in [1.54, 1.807) is 0 Å². The van der Waals surface area contributed by atoms with Crippen molar-refractivity contribution in [2.24, 2.45) is 5.92 Å². The number of rotatable bonds is 3. The molecule has 2 aliphatic heterocycles. The van der Waals surface area contributed by atoms with Crippen molar-refractivity contribution in [3.63, 3.8) is 0 Å². The minimum absolute atomic E-state index is 0.0949. The van der Waals surface area contributed by atoms with E-state index in [-0.39, 0.29) is 18.8 Å². The molecule has 0 bridgehead atoms. The molecule has 2 saturated heterocycles. The van der Waals surface area contributed by atoms with E-state index < -0.39 is 0 Å². The van der Waals surface area contributed by atoms with Crippen LogP contribution in [0.5, 0.6) is 0 Å². The van der Waals surface area contributed by atoms with Gasteiger partial charge in [0.2, 0.25) is 0 Å². The van der Waals surface area contributed by atoms with Crippen LogP contribution in [-0.2, 0) is 14.0 Å². The van der Waals surface area contributed by atoms with Gasteiger partial charge in [0, 0.05) is 19.3 Å². The Morgan fingerprint density at radius 2 is 2.05 bits per heavy atom. The molecule has 1 aromatic heterocycles. The molecule has 1 unspecified atom stereocenters. The molecule has 0 N–H and O–H groups in total. The number of anilines is 1. The molecule has 0 amide bonds. The van der Waals surface area contributed by atoms with Crippen LogP contribution in [0.25, 0.3) is 0 Å². The first-order valence-corrected chi connectivity index (χ1v) is 8.09. The van der Waals surface area contributed by atoms with Gasteiger partial charge in [-0.05, 0) is 37.4 Å². The summed E-state index contributed by atoms with van der Waals surface area (Å²) >= 11 is 0. The Bertz CT molecular complexity index is 518. The van der Waals surface area contributed by atoms with Crippen LogP contribution in [0, 0.1) is 5.92 Å². The molecular weight excluding hydrogens is 279 g/mol. The van der Waals surface area contributed by atoms with Crippen LogP contribution >= 0.6 is 0 Å². The summed E-state index contributed by atoms with van der Waals surface area (Å²) in [5.74, 6) is 1.39. The van der Waals surface area contributed by atoms with Gasteiger partial charge in [-0.15, -0.1) is 0 Å². The lowest BCUT2D eigenvalue weighted by molar-refractivity contribution is 0.0438. The molecule has 6 heteroatoms. The SMILES string of the molecule is CC(C)C1OB(c2ccnc(N3CCOCC3)c2)OC1(C)C. The van der Waals surface area contributed by atoms with Crippen LogP contribution < -0.4 is 10.4 Å². The predicted molar refractivity (Wildman–Crippen MR) is 87.5 cm³/mol. The first kappa shape index (κ1) is 15.8. The van der Waals surface area contributed by atoms with Crippen LogP contribution in [0.4, 0.5) is 5.82 Å². The molecule has 2 aliphatic rings. The lowest BCUT2D eigenvalue weighted by Crippen LogP contribution is -2.39. The lowest BCUT2D eigenvalue weighted by atomic mass is 9.79. The van der Waals surface area contributed by atoms with Gasteiger partial charge >= 0.3 is 7.12 Å². The Labute approximate surface area is 133 Å². The zero-order valence-electron chi connectivity index (χ0n) is 13.9. The average molecular weight is 304 g/mol. The van der Waals surface area contributed by atoms with Gasteiger partial charge in [-0.2, -0.15) is 0 Å². The van der Waals surface area contributed by atoms with Crippen molar-refractivity contribution in [2.75, 3.05) is 31.2 Å². The van der Waals surface area contributed by atoms with Gasteiger partial charge in [0.1, 0.15) is 5.82 Å². The van der Waals surface area contributed by atoms with Gasteiger partial charge in [0.25, 0.3) is 0 Å². The summed E-state index contributed by atoms with van der Waals surface area (Å²) in [5.41, 5.74) is 0.758. The first-order chi connectivity index (χ1) is 10.5.